The van der Waals surface area contributed by atoms with E-state index in [0.29, 0.717) is 11.7 Å². The zero-order valence-electron chi connectivity index (χ0n) is 11.6. The van der Waals surface area contributed by atoms with E-state index in [0.717, 1.165) is 17.0 Å². The van der Waals surface area contributed by atoms with Crippen molar-refractivity contribution in [3.63, 3.8) is 0 Å². The van der Waals surface area contributed by atoms with Gasteiger partial charge in [-0.15, -0.1) is 0 Å². The molecule has 2 aromatic carbocycles. The van der Waals surface area contributed by atoms with Crippen LogP contribution in [0.15, 0.2) is 54.7 Å². The van der Waals surface area contributed by atoms with Crippen LogP contribution in [-0.4, -0.2) is 12.1 Å². The molecule has 3 rings (SSSR count). The van der Waals surface area contributed by atoms with Crippen LogP contribution < -0.4 is 10.1 Å². The number of halogens is 1. The van der Waals surface area contributed by atoms with Crippen molar-refractivity contribution < 1.29 is 4.74 Å². The van der Waals surface area contributed by atoms with Gasteiger partial charge in [-0.2, -0.15) is 0 Å². The highest BCUT2D eigenvalue weighted by atomic mass is 35.5. The number of hydrogen-bond donors (Lipinski definition) is 1. The van der Waals surface area contributed by atoms with Crippen molar-refractivity contribution in [2.45, 2.75) is 6.54 Å². The fourth-order valence-corrected chi connectivity index (χ4v) is 2.58. The molecule has 4 heteroatoms. The Kier molecular flexibility index (Phi) is 3.93. The molecular formula is C17H15ClN2O. The number of anilines is 1. The zero-order chi connectivity index (χ0) is 14.7. The summed E-state index contributed by atoms with van der Waals surface area (Å²) in [5.74, 6) is 0.862. The molecule has 0 saturated heterocycles. The molecule has 0 radical (unpaired) electrons. The second kappa shape index (κ2) is 6.02. The van der Waals surface area contributed by atoms with Gasteiger partial charge in [-0.25, -0.2) is 4.98 Å². The molecule has 1 aromatic heterocycles. The molecule has 0 fully saturated rings. The van der Waals surface area contributed by atoms with Gasteiger partial charge in [0.25, 0.3) is 0 Å². The van der Waals surface area contributed by atoms with E-state index in [4.69, 9.17) is 16.3 Å². The van der Waals surface area contributed by atoms with Gasteiger partial charge >= 0.3 is 0 Å². The van der Waals surface area contributed by atoms with E-state index in [2.05, 4.69) is 28.5 Å². The number of hydrogen-bond acceptors (Lipinski definition) is 3. The maximum Gasteiger partial charge on any atom is 0.152 e. The van der Waals surface area contributed by atoms with Crippen LogP contribution in [0.4, 0.5) is 5.69 Å². The average molecular weight is 299 g/mol. The van der Waals surface area contributed by atoms with E-state index in [1.807, 2.05) is 30.3 Å². The Balaban J connectivity index is 1.97. The van der Waals surface area contributed by atoms with Gasteiger partial charge in [-0.1, -0.05) is 41.9 Å². The quantitative estimate of drug-likeness (QED) is 0.720. The van der Waals surface area contributed by atoms with Gasteiger partial charge in [0.15, 0.2) is 5.15 Å². The van der Waals surface area contributed by atoms with E-state index in [1.165, 1.54) is 10.8 Å². The van der Waals surface area contributed by atoms with Crippen LogP contribution >= 0.6 is 11.6 Å². The van der Waals surface area contributed by atoms with Crippen LogP contribution in [0.2, 0.25) is 5.15 Å². The molecule has 0 aliphatic rings. The van der Waals surface area contributed by atoms with Gasteiger partial charge in [0.05, 0.1) is 12.8 Å². The molecule has 106 valence electrons. The first-order valence-electron chi connectivity index (χ1n) is 6.68. The van der Waals surface area contributed by atoms with Crippen molar-refractivity contribution in [2.24, 2.45) is 0 Å². The van der Waals surface area contributed by atoms with Crippen LogP contribution in [0.5, 0.6) is 5.75 Å². The predicted molar refractivity (Wildman–Crippen MR) is 87.1 cm³/mol. The lowest BCUT2D eigenvalue weighted by atomic mass is 10.0. The number of nitrogens with one attached hydrogen (secondary N) is 1. The van der Waals surface area contributed by atoms with Gasteiger partial charge in [0.1, 0.15) is 5.75 Å². The lowest BCUT2D eigenvalue weighted by Crippen LogP contribution is -2.03. The Hall–Kier alpha value is -2.26. The maximum atomic E-state index is 6.08. The summed E-state index contributed by atoms with van der Waals surface area (Å²) in [4.78, 5) is 4.07. The Morgan fingerprint density at radius 1 is 1.10 bits per heavy atom. The van der Waals surface area contributed by atoms with Gasteiger partial charge in [-0.3, -0.25) is 0 Å². The van der Waals surface area contributed by atoms with E-state index < -0.39 is 0 Å². The molecule has 0 amide bonds. The molecule has 0 bridgehead atoms. The van der Waals surface area contributed by atoms with E-state index in [1.54, 1.807) is 13.3 Å². The van der Waals surface area contributed by atoms with Crippen LogP contribution in [-0.2, 0) is 6.54 Å². The summed E-state index contributed by atoms with van der Waals surface area (Å²) in [5, 5.41) is 6.15. The zero-order valence-corrected chi connectivity index (χ0v) is 12.4. The molecule has 0 unspecified atom stereocenters. The van der Waals surface area contributed by atoms with Crippen LogP contribution in [0.25, 0.3) is 10.8 Å². The Morgan fingerprint density at radius 3 is 2.76 bits per heavy atom. The number of pyridine rings is 1. The monoisotopic (exact) mass is 298 g/mol. The van der Waals surface area contributed by atoms with Crippen molar-refractivity contribution in [1.29, 1.82) is 0 Å². The first kappa shape index (κ1) is 13.7. The number of rotatable bonds is 4. The summed E-state index contributed by atoms with van der Waals surface area (Å²) >= 11 is 6.08. The van der Waals surface area contributed by atoms with Crippen molar-refractivity contribution in [1.82, 2.24) is 4.98 Å². The number of benzene rings is 2. The summed E-state index contributed by atoms with van der Waals surface area (Å²) in [7, 11) is 1.69. The van der Waals surface area contributed by atoms with Gasteiger partial charge in [-0.05, 0) is 29.0 Å². The Morgan fingerprint density at radius 2 is 1.95 bits per heavy atom. The van der Waals surface area contributed by atoms with Gasteiger partial charge < -0.3 is 10.1 Å². The minimum Gasteiger partial charge on any atom is -0.496 e. The second-order valence-corrected chi connectivity index (χ2v) is 5.02. The summed E-state index contributed by atoms with van der Waals surface area (Å²) in [6.07, 6.45) is 1.67. The third-order valence-corrected chi connectivity index (χ3v) is 3.73. The SMILES string of the molecule is COc1ccc2ccccc2c1CNc1cccnc1Cl. The number of nitrogens with zero attached hydrogens (tertiary/aromatic N) is 1. The molecule has 0 spiro atoms. The van der Waals surface area contributed by atoms with Crippen molar-refractivity contribution in [3.8, 4) is 5.75 Å². The molecule has 0 aliphatic heterocycles. The van der Waals surface area contributed by atoms with E-state index >= 15 is 0 Å². The molecule has 0 atom stereocenters. The smallest absolute Gasteiger partial charge is 0.152 e. The first-order valence-corrected chi connectivity index (χ1v) is 7.06. The summed E-state index contributed by atoms with van der Waals surface area (Å²) in [5.41, 5.74) is 1.92. The van der Waals surface area contributed by atoms with Crippen LogP contribution in [0, 0.1) is 0 Å². The van der Waals surface area contributed by atoms with E-state index in [9.17, 15) is 0 Å². The highest BCUT2D eigenvalue weighted by molar-refractivity contribution is 6.31. The third kappa shape index (κ3) is 2.78. The normalized spacial score (nSPS) is 10.6. The molecule has 3 nitrogen and oxygen atoms in total. The molecule has 21 heavy (non-hydrogen) atoms. The van der Waals surface area contributed by atoms with Gasteiger partial charge in [0.2, 0.25) is 0 Å². The molecule has 0 aliphatic carbocycles. The summed E-state index contributed by atoms with van der Waals surface area (Å²) in [6, 6.07) is 16.1. The van der Waals surface area contributed by atoms with Gasteiger partial charge in [0, 0.05) is 18.3 Å². The molecule has 1 heterocycles. The average Bonchev–Trinajstić information content (AvgIpc) is 2.53. The van der Waals surface area contributed by atoms with Crippen molar-refractivity contribution in [3.05, 3.63) is 65.4 Å². The maximum absolute atomic E-state index is 6.08. The number of fused-ring (bicyclic) bond motifs is 1. The molecule has 0 saturated carbocycles. The molecule has 1 N–H and O–H groups in total. The number of aromatic nitrogens is 1. The Bertz CT molecular complexity index is 774. The Labute approximate surface area is 128 Å². The standard InChI is InChI=1S/C17H15ClN2O/c1-21-16-9-8-12-5-2-3-6-13(12)14(16)11-20-15-7-4-10-19-17(15)18/h2-10,20H,11H2,1H3. The molecular weight excluding hydrogens is 284 g/mol. The second-order valence-electron chi connectivity index (χ2n) is 4.66. The largest absolute Gasteiger partial charge is 0.496 e. The fourth-order valence-electron chi connectivity index (χ4n) is 2.39. The van der Waals surface area contributed by atoms with Crippen molar-refractivity contribution in [2.75, 3.05) is 12.4 Å². The third-order valence-electron chi connectivity index (χ3n) is 3.43. The lowest BCUT2D eigenvalue weighted by Gasteiger charge is -2.14. The minimum absolute atomic E-state index is 0.469. The summed E-state index contributed by atoms with van der Waals surface area (Å²) in [6.45, 7) is 0.621. The summed E-state index contributed by atoms with van der Waals surface area (Å²) < 4.78 is 5.48. The fraction of sp³-hybridized carbons (Fsp3) is 0.118. The van der Waals surface area contributed by atoms with Crippen LogP contribution in [0.1, 0.15) is 5.56 Å². The van der Waals surface area contributed by atoms with Crippen LogP contribution in [0.3, 0.4) is 0 Å². The minimum atomic E-state index is 0.469. The highest BCUT2D eigenvalue weighted by Crippen LogP contribution is 2.29. The lowest BCUT2D eigenvalue weighted by molar-refractivity contribution is 0.411. The number of methoxy groups -OCH3 is 1. The highest BCUT2D eigenvalue weighted by Gasteiger charge is 2.09. The topological polar surface area (TPSA) is 34.1 Å². The number of ether oxygens (including phenoxy) is 1. The predicted octanol–water partition coefficient (Wildman–Crippen LogP) is 4.51. The van der Waals surface area contributed by atoms with E-state index in [-0.39, 0.29) is 0 Å². The van der Waals surface area contributed by atoms with Crippen molar-refractivity contribution >= 4 is 28.1 Å². The molecule has 3 aromatic rings. The first-order chi connectivity index (χ1) is 10.3.